The Labute approximate surface area is 185 Å². The standard InChI is InChI=1S/C24H25FN6O/c1-16-21-23(29-24(32)27-16)31(22(28-21)19-11-20(25)13-26-12-19)15-18-7-5-17(6-8-18)14-30-9-3-2-4-10-30/h5-8,11-13H,2-4,9-10,14-15H2,1H3,(H,27,29,32). The number of imidazole rings is 1. The number of fused-ring (bicyclic) bond motifs is 1. The van der Waals surface area contributed by atoms with Crippen LogP contribution in [0.25, 0.3) is 22.6 Å². The Bertz CT molecular complexity index is 1300. The van der Waals surface area contributed by atoms with E-state index < -0.39 is 11.5 Å². The van der Waals surface area contributed by atoms with Gasteiger partial charge in [0.2, 0.25) is 0 Å². The van der Waals surface area contributed by atoms with Crippen molar-refractivity contribution >= 4 is 11.2 Å². The van der Waals surface area contributed by atoms with E-state index in [1.54, 1.807) is 13.1 Å². The lowest BCUT2D eigenvalue weighted by Gasteiger charge is -2.26. The van der Waals surface area contributed by atoms with Crippen molar-refractivity contribution in [1.82, 2.24) is 29.4 Å². The average Bonchev–Trinajstić information content (AvgIpc) is 3.14. The molecule has 0 unspecified atom stereocenters. The third-order valence-corrected chi connectivity index (χ3v) is 5.98. The fourth-order valence-electron chi connectivity index (χ4n) is 4.37. The molecule has 8 heteroatoms. The number of aryl methyl sites for hydroxylation is 1. The van der Waals surface area contributed by atoms with Gasteiger partial charge in [0.05, 0.1) is 12.7 Å². The molecule has 0 radical (unpaired) electrons. The first-order valence-electron chi connectivity index (χ1n) is 10.9. The van der Waals surface area contributed by atoms with E-state index in [4.69, 9.17) is 0 Å². The van der Waals surface area contributed by atoms with Crippen LogP contribution >= 0.6 is 0 Å². The molecular weight excluding hydrogens is 407 g/mol. The Morgan fingerprint density at radius 3 is 2.44 bits per heavy atom. The predicted molar refractivity (Wildman–Crippen MR) is 121 cm³/mol. The number of rotatable bonds is 5. The molecule has 32 heavy (non-hydrogen) atoms. The summed E-state index contributed by atoms with van der Waals surface area (Å²) >= 11 is 0. The highest BCUT2D eigenvalue weighted by molar-refractivity contribution is 5.78. The van der Waals surface area contributed by atoms with Crippen LogP contribution in [0.4, 0.5) is 4.39 Å². The molecule has 1 aromatic carbocycles. The minimum absolute atomic E-state index is 0.433. The number of likely N-dealkylation sites (tertiary alicyclic amines) is 1. The summed E-state index contributed by atoms with van der Waals surface area (Å²) in [5.41, 5.74) is 4.13. The Morgan fingerprint density at radius 1 is 1.00 bits per heavy atom. The highest BCUT2D eigenvalue weighted by Gasteiger charge is 2.18. The quantitative estimate of drug-likeness (QED) is 0.521. The first kappa shape index (κ1) is 20.5. The summed E-state index contributed by atoms with van der Waals surface area (Å²) in [7, 11) is 0. The fraction of sp³-hybridized carbons (Fsp3) is 0.333. The van der Waals surface area contributed by atoms with Gasteiger partial charge in [-0.2, -0.15) is 4.98 Å². The Morgan fingerprint density at radius 2 is 1.72 bits per heavy atom. The highest BCUT2D eigenvalue weighted by atomic mass is 19.1. The number of piperidine rings is 1. The predicted octanol–water partition coefficient (Wildman–Crippen LogP) is 3.66. The molecule has 0 aliphatic carbocycles. The van der Waals surface area contributed by atoms with Gasteiger partial charge in [0.1, 0.15) is 17.2 Å². The van der Waals surface area contributed by atoms with Crippen molar-refractivity contribution in [2.75, 3.05) is 13.1 Å². The van der Waals surface area contributed by atoms with Gasteiger partial charge in [0, 0.05) is 24.0 Å². The van der Waals surface area contributed by atoms with Gasteiger partial charge in [-0.15, -0.1) is 0 Å². The van der Waals surface area contributed by atoms with Crippen molar-refractivity contribution < 1.29 is 4.39 Å². The summed E-state index contributed by atoms with van der Waals surface area (Å²) in [6.07, 6.45) is 6.60. The number of H-pyrrole nitrogens is 1. The van der Waals surface area contributed by atoms with Crippen molar-refractivity contribution in [2.45, 2.75) is 39.3 Å². The molecular formula is C24H25FN6O. The summed E-state index contributed by atoms with van der Waals surface area (Å²) < 4.78 is 15.7. The second-order valence-electron chi connectivity index (χ2n) is 8.41. The molecule has 7 nitrogen and oxygen atoms in total. The fourth-order valence-corrected chi connectivity index (χ4v) is 4.37. The molecule has 0 spiro atoms. The normalized spacial score (nSPS) is 14.8. The minimum Gasteiger partial charge on any atom is -0.308 e. The first-order chi connectivity index (χ1) is 15.6. The zero-order chi connectivity index (χ0) is 22.1. The molecule has 1 aliphatic heterocycles. The summed E-state index contributed by atoms with van der Waals surface area (Å²) in [5.74, 6) is 0.0860. The molecule has 1 saturated heterocycles. The third kappa shape index (κ3) is 4.18. The maximum absolute atomic E-state index is 13.9. The van der Waals surface area contributed by atoms with Gasteiger partial charge in [0.15, 0.2) is 5.65 Å². The van der Waals surface area contributed by atoms with E-state index in [0.717, 1.165) is 31.4 Å². The van der Waals surface area contributed by atoms with Crippen LogP contribution in [0.15, 0.2) is 47.5 Å². The number of nitrogens with zero attached hydrogens (tertiary/aromatic N) is 5. The van der Waals surface area contributed by atoms with Crippen LogP contribution in [-0.2, 0) is 13.1 Å². The van der Waals surface area contributed by atoms with Gasteiger partial charge in [-0.25, -0.2) is 14.2 Å². The molecule has 4 heterocycles. The molecule has 0 amide bonds. The molecule has 0 bridgehead atoms. The van der Waals surface area contributed by atoms with E-state index in [1.165, 1.54) is 30.9 Å². The van der Waals surface area contributed by atoms with E-state index in [-0.39, 0.29) is 0 Å². The molecule has 1 N–H and O–H groups in total. The van der Waals surface area contributed by atoms with Gasteiger partial charge in [0.25, 0.3) is 0 Å². The van der Waals surface area contributed by atoms with E-state index >= 15 is 0 Å². The maximum atomic E-state index is 13.9. The van der Waals surface area contributed by atoms with Gasteiger partial charge in [-0.3, -0.25) is 9.88 Å². The van der Waals surface area contributed by atoms with Crippen LogP contribution in [0.5, 0.6) is 0 Å². The van der Waals surface area contributed by atoms with Crippen LogP contribution in [0.3, 0.4) is 0 Å². The summed E-state index contributed by atoms with van der Waals surface area (Å²) in [6.45, 7) is 5.53. The van der Waals surface area contributed by atoms with E-state index in [9.17, 15) is 9.18 Å². The third-order valence-electron chi connectivity index (χ3n) is 5.98. The number of aromatic nitrogens is 5. The molecule has 0 atom stereocenters. The van der Waals surface area contributed by atoms with Crippen LogP contribution in [-0.4, -0.2) is 42.5 Å². The second kappa shape index (κ2) is 8.63. The summed E-state index contributed by atoms with van der Waals surface area (Å²) in [5, 5.41) is 0. The van der Waals surface area contributed by atoms with Gasteiger partial charge in [-0.1, -0.05) is 30.7 Å². The van der Waals surface area contributed by atoms with Crippen LogP contribution < -0.4 is 5.69 Å². The number of hydrogen-bond acceptors (Lipinski definition) is 5. The molecule has 1 fully saturated rings. The number of pyridine rings is 1. The lowest BCUT2D eigenvalue weighted by molar-refractivity contribution is 0.221. The van der Waals surface area contributed by atoms with Crippen LogP contribution in [0, 0.1) is 12.7 Å². The maximum Gasteiger partial charge on any atom is 0.347 e. The van der Waals surface area contributed by atoms with E-state index in [2.05, 4.69) is 49.1 Å². The lowest BCUT2D eigenvalue weighted by atomic mass is 10.1. The van der Waals surface area contributed by atoms with Gasteiger partial charge < -0.3 is 9.55 Å². The number of hydrogen-bond donors (Lipinski definition) is 1. The van der Waals surface area contributed by atoms with Crippen molar-refractivity contribution in [3.8, 4) is 11.4 Å². The number of nitrogens with one attached hydrogen (secondary N) is 1. The largest absolute Gasteiger partial charge is 0.347 e. The Balaban J connectivity index is 1.50. The van der Waals surface area contributed by atoms with Crippen LogP contribution in [0.2, 0.25) is 0 Å². The molecule has 3 aromatic heterocycles. The Kier molecular flexibility index (Phi) is 5.53. The van der Waals surface area contributed by atoms with Crippen molar-refractivity contribution in [1.29, 1.82) is 0 Å². The first-order valence-corrected chi connectivity index (χ1v) is 10.9. The number of halogens is 1. The lowest BCUT2D eigenvalue weighted by Crippen LogP contribution is -2.29. The minimum atomic E-state index is -0.441. The highest BCUT2D eigenvalue weighted by Crippen LogP contribution is 2.25. The van der Waals surface area contributed by atoms with Gasteiger partial charge >= 0.3 is 5.69 Å². The zero-order valence-corrected chi connectivity index (χ0v) is 18.0. The monoisotopic (exact) mass is 432 g/mol. The smallest absolute Gasteiger partial charge is 0.308 e. The summed E-state index contributed by atoms with van der Waals surface area (Å²) in [4.78, 5) is 30.0. The second-order valence-corrected chi connectivity index (χ2v) is 8.41. The van der Waals surface area contributed by atoms with Crippen molar-refractivity contribution in [3.05, 3.63) is 75.8 Å². The van der Waals surface area contributed by atoms with Crippen LogP contribution in [0.1, 0.15) is 36.1 Å². The Hall–Kier alpha value is -3.39. The topological polar surface area (TPSA) is 79.7 Å². The van der Waals surface area contributed by atoms with Crippen molar-refractivity contribution in [2.24, 2.45) is 0 Å². The molecule has 4 aromatic rings. The average molecular weight is 433 g/mol. The number of aromatic amines is 1. The summed E-state index contributed by atoms with van der Waals surface area (Å²) in [6, 6.07) is 9.89. The van der Waals surface area contributed by atoms with Crippen molar-refractivity contribution in [3.63, 3.8) is 0 Å². The number of benzene rings is 1. The van der Waals surface area contributed by atoms with E-state index in [1.807, 2.05) is 4.57 Å². The van der Waals surface area contributed by atoms with E-state index in [0.29, 0.717) is 34.8 Å². The molecule has 1 aliphatic rings. The van der Waals surface area contributed by atoms with Gasteiger partial charge in [-0.05, 0) is 50.0 Å². The zero-order valence-electron chi connectivity index (χ0n) is 18.0. The molecule has 5 rings (SSSR count). The molecule has 0 saturated carbocycles. The molecule has 164 valence electrons. The SMILES string of the molecule is Cc1[nH]c(=O)nc2c1nc(-c1cncc(F)c1)n2Cc1ccc(CN2CCCCC2)cc1.